The Morgan fingerprint density at radius 3 is 2.55 bits per heavy atom. The van der Waals surface area contributed by atoms with E-state index in [0.29, 0.717) is 0 Å². The first-order valence-electron chi connectivity index (χ1n) is 7.75. The van der Waals surface area contributed by atoms with Crippen LogP contribution in [-0.4, -0.2) is 44.9 Å². The fourth-order valence-corrected chi connectivity index (χ4v) is 4.03. The largest absolute Gasteiger partial charge is 0.362 e. The van der Waals surface area contributed by atoms with E-state index < -0.39 is 10.2 Å². The van der Waals surface area contributed by atoms with Gasteiger partial charge in [-0.3, -0.25) is 0 Å². The summed E-state index contributed by atoms with van der Waals surface area (Å²) in [6.45, 7) is 0.251. The van der Waals surface area contributed by atoms with Crippen molar-refractivity contribution in [1.82, 2.24) is 14.0 Å². The van der Waals surface area contributed by atoms with E-state index in [1.165, 1.54) is 10.7 Å². The minimum absolute atomic E-state index is 0.119. The highest BCUT2D eigenvalue weighted by molar-refractivity contribution is 7.87. The van der Waals surface area contributed by atoms with Gasteiger partial charge in [-0.1, -0.05) is 25.3 Å². The highest BCUT2D eigenvalue weighted by Gasteiger charge is 2.27. The zero-order valence-corrected chi connectivity index (χ0v) is 14.4. The highest BCUT2D eigenvalue weighted by Crippen LogP contribution is 2.23. The van der Waals surface area contributed by atoms with Crippen molar-refractivity contribution >= 4 is 16.0 Å². The SMILES string of the molecule is CN(C)c1ncccc1CNS(=O)(=O)N(C)C1CCCCC1. The fraction of sp³-hybridized carbons (Fsp3) is 0.667. The van der Waals surface area contributed by atoms with Gasteiger partial charge in [-0.15, -0.1) is 0 Å². The van der Waals surface area contributed by atoms with Crippen molar-refractivity contribution in [2.24, 2.45) is 0 Å². The third-order valence-corrected chi connectivity index (χ3v) is 5.77. The second-order valence-corrected chi connectivity index (χ2v) is 7.83. The molecule has 1 fully saturated rings. The number of nitrogens with one attached hydrogen (secondary N) is 1. The minimum Gasteiger partial charge on any atom is -0.362 e. The molecule has 0 unspecified atom stereocenters. The third-order valence-electron chi connectivity index (χ3n) is 4.20. The molecule has 0 amide bonds. The molecule has 1 aromatic heterocycles. The lowest BCUT2D eigenvalue weighted by molar-refractivity contribution is 0.283. The standard InChI is InChI=1S/C15H26N4O2S/c1-18(2)15-13(8-7-11-16-15)12-17-22(20,21)19(3)14-9-5-4-6-10-14/h7-8,11,14,17H,4-6,9-10,12H2,1-3H3. The van der Waals surface area contributed by atoms with Crippen LogP contribution in [0.1, 0.15) is 37.7 Å². The van der Waals surface area contributed by atoms with E-state index >= 15 is 0 Å². The van der Waals surface area contributed by atoms with Crippen LogP contribution in [0, 0.1) is 0 Å². The first-order chi connectivity index (χ1) is 10.4. The summed E-state index contributed by atoms with van der Waals surface area (Å²) in [5.41, 5.74) is 0.869. The van der Waals surface area contributed by atoms with Gasteiger partial charge in [-0.2, -0.15) is 17.4 Å². The molecule has 0 bridgehead atoms. The van der Waals surface area contributed by atoms with Gasteiger partial charge in [0.2, 0.25) is 0 Å². The van der Waals surface area contributed by atoms with Crippen LogP contribution >= 0.6 is 0 Å². The summed E-state index contributed by atoms with van der Waals surface area (Å²) in [6.07, 6.45) is 7.04. The van der Waals surface area contributed by atoms with Crippen molar-refractivity contribution in [3.63, 3.8) is 0 Å². The Hall–Kier alpha value is -1.18. The molecule has 2 rings (SSSR count). The van der Waals surface area contributed by atoms with Crippen LogP contribution in [0.25, 0.3) is 0 Å². The molecule has 1 N–H and O–H groups in total. The van der Waals surface area contributed by atoms with Crippen LogP contribution in [0.2, 0.25) is 0 Å². The zero-order valence-electron chi connectivity index (χ0n) is 13.6. The summed E-state index contributed by atoms with van der Waals surface area (Å²) in [7, 11) is 2.01. The van der Waals surface area contributed by atoms with Gasteiger partial charge in [0.15, 0.2) is 0 Å². The first kappa shape index (κ1) is 17.2. The predicted molar refractivity (Wildman–Crippen MR) is 89.0 cm³/mol. The number of rotatable bonds is 6. The topological polar surface area (TPSA) is 65.5 Å². The lowest BCUT2D eigenvalue weighted by Crippen LogP contribution is -2.44. The zero-order chi connectivity index (χ0) is 16.2. The van der Waals surface area contributed by atoms with Crippen molar-refractivity contribution in [3.05, 3.63) is 23.9 Å². The molecule has 0 radical (unpaired) electrons. The van der Waals surface area contributed by atoms with Crippen LogP contribution in [0.5, 0.6) is 0 Å². The average molecular weight is 326 g/mol. The number of nitrogens with zero attached hydrogens (tertiary/aromatic N) is 3. The van der Waals surface area contributed by atoms with Gasteiger partial charge in [0.05, 0.1) is 0 Å². The number of hydrogen-bond donors (Lipinski definition) is 1. The first-order valence-corrected chi connectivity index (χ1v) is 9.19. The molecule has 22 heavy (non-hydrogen) atoms. The molecule has 1 aliphatic carbocycles. The molecular formula is C15H26N4O2S. The molecule has 0 atom stereocenters. The van der Waals surface area contributed by atoms with E-state index in [1.54, 1.807) is 13.2 Å². The minimum atomic E-state index is -3.46. The second kappa shape index (κ2) is 7.39. The average Bonchev–Trinajstić information content (AvgIpc) is 2.53. The van der Waals surface area contributed by atoms with E-state index in [0.717, 1.165) is 37.1 Å². The molecule has 1 saturated carbocycles. The normalized spacial score (nSPS) is 16.9. The smallest absolute Gasteiger partial charge is 0.279 e. The van der Waals surface area contributed by atoms with Crippen molar-refractivity contribution in [1.29, 1.82) is 0 Å². The molecule has 124 valence electrons. The summed E-state index contributed by atoms with van der Waals surface area (Å²) in [6, 6.07) is 3.83. The van der Waals surface area contributed by atoms with Crippen molar-refractivity contribution in [2.45, 2.75) is 44.7 Å². The maximum absolute atomic E-state index is 12.5. The monoisotopic (exact) mass is 326 g/mol. The van der Waals surface area contributed by atoms with E-state index in [-0.39, 0.29) is 12.6 Å². The van der Waals surface area contributed by atoms with E-state index in [4.69, 9.17) is 0 Å². The second-order valence-electron chi connectivity index (χ2n) is 6.01. The quantitative estimate of drug-likeness (QED) is 0.865. The fourth-order valence-electron chi connectivity index (χ4n) is 2.88. The van der Waals surface area contributed by atoms with E-state index in [9.17, 15) is 8.42 Å². The molecule has 7 heteroatoms. The van der Waals surface area contributed by atoms with E-state index in [2.05, 4.69) is 9.71 Å². The number of pyridine rings is 1. The molecule has 6 nitrogen and oxygen atoms in total. The predicted octanol–water partition coefficient (Wildman–Crippen LogP) is 1.75. The Bertz CT molecular complexity index is 583. The number of aromatic nitrogens is 1. The van der Waals surface area contributed by atoms with Crippen molar-refractivity contribution < 1.29 is 8.42 Å². The van der Waals surface area contributed by atoms with Crippen LogP contribution in [-0.2, 0) is 16.8 Å². The van der Waals surface area contributed by atoms with Crippen LogP contribution < -0.4 is 9.62 Å². The lowest BCUT2D eigenvalue weighted by Gasteiger charge is -2.30. The van der Waals surface area contributed by atoms with Crippen LogP contribution in [0.4, 0.5) is 5.82 Å². The molecule has 0 aromatic carbocycles. The number of anilines is 1. The maximum atomic E-state index is 12.5. The summed E-state index contributed by atoms with van der Waals surface area (Å²) >= 11 is 0. The molecule has 0 saturated heterocycles. The van der Waals surface area contributed by atoms with E-state index in [1.807, 2.05) is 31.1 Å². The Kier molecular flexibility index (Phi) is 5.77. The van der Waals surface area contributed by atoms with Gasteiger partial charge in [0.25, 0.3) is 10.2 Å². The summed E-state index contributed by atoms with van der Waals surface area (Å²) in [5.74, 6) is 0.783. The maximum Gasteiger partial charge on any atom is 0.279 e. The van der Waals surface area contributed by atoms with Gasteiger partial charge in [0.1, 0.15) is 5.82 Å². The Balaban J connectivity index is 2.03. The Labute approximate surface area is 133 Å². The summed E-state index contributed by atoms with van der Waals surface area (Å²) in [5, 5.41) is 0. The van der Waals surface area contributed by atoms with Gasteiger partial charge in [0, 0.05) is 45.5 Å². The lowest BCUT2D eigenvalue weighted by atomic mass is 9.96. The van der Waals surface area contributed by atoms with Gasteiger partial charge in [-0.25, -0.2) is 4.98 Å². The van der Waals surface area contributed by atoms with Gasteiger partial charge >= 0.3 is 0 Å². The Morgan fingerprint density at radius 2 is 1.91 bits per heavy atom. The van der Waals surface area contributed by atoms with Crippen LogP contribution in [0.15, 0.2) is 18.3 Å². The third kappa shape index (κ3) is 4.18. The Morgan fingerprint density at radius 1 is 1.23 bits per heavy atom. The molecule has 0 spiro atoms. The van der Waals surface area contributed by atoms with Crippen molar-refractivity contribution in [3.8, 4) is 0 Å². The molecule has 1 aliphatic rings. The highest BCUT2D eigenvalue weighted by atomic mass is 32.2. The molecule has 1 heterocycles. The van der Waals surface area contributed by atoms with Gasteiger partial charge in [-0.05, 0) is 18.9 Å². The molecular weight excluding hydrogens is 300 g/mol. The summed E-state index contributed by atoms with van der Waals surface area (Å²) < 4.78 is 29.1. The molecule has 0 aliphatic heterocycles. The van der Waals surface area contributed by atoms with Crippen molar-refractivity contribution in [2.75, 3.05) is 26.0 Å². The molecule has 1 aromatic rings. The number of hydrogen-bond acceptors (Lipinski definition) is 4. The summed E-state index contributed by atoms with van der Waals surface area (Å²) in [4.78, 5) is 6.17. The van der Waals surface area contributed by atoms with Crippen LogP contribution in [0.3, 0.4) is 0 Å². The van der Waals surface area contributed by atoms with Gasteiger partial charge < -0.3 is 4.90 Å².